The summed E-state index contributed by atoms with van der Waals surface area (Å²) in [5.74, 6) is 0. The Kier molecular flexibility index (Phi) is 5.51. The first-order chi connectivity index (χ1) is 9.80. The van der Waals surface area contributed by atoms with Crippen LogP contribution in [0.15, 0.2) is 18.2 Å². The molecule has 1 aliphatic heterocycles. The van der Waals surface area contributed by atoms with E-state index < -0.39 is 10.2 Å². The summed E-state index contributed by atoms with van der Waals surface area (Å²) in [6.07, 6.45) is 0. The Labute approximate surface area is 136 Å². The van der Waals surface area contributed by atoms with Crippen molar-refractivity contribution in [1.82, 2.24) is 13.5 Å². The Morgan fingerprint density at radius 3 is 2.29 bits per heavy atom. The van der Waals surface area contributed by atoms with E-state index in [1.165, 1.54) is 8.61 Å². The zero-order valence-corrected chi connectivity index (χ0v) is 14.4. The van der Waals surface area contributed by atoms with Gasteiger partial charge in [-0.05, 0) is 17.7 Å². The number of rotatable bonds is 4. The normalized spacial score (nSPS) is 18.3. The number of halogens is 2. The maximum Gasteiger partial charge on any atom is 0.281 e. The topological polar surface area (TPSA) is 43.9 Å². The standard InChI is InChI=1S/C13H19Cl2N3O2S/c1-16(2)21(19,20)18-7-5-17(6-8-18)10-11-3-4-12(14)9-13(11)15/h3-4,9H,5-8,10H2,1-2H3. The average Bonchev–Trinajstić information content (AvgIpc) is 2.42. The molecule has 1 saturated heterocycles. The molecule has 1 heterocycles. The molecule has 1 aromatic carbocycles. The van der Waals surface area contributed by atoms with Gasteiger partial charge in [0.15, 0.2) is 0 Å². The van der Waals surface area contributed by atoms with Gasteiger partial charge in [0.25, 0.3) is 10.2 Å². The Morgan fingerprint density at radius 2 is 1.76 bits per heavy atom. The van der Waals surface area contributed by atoms with Crippen LogP contribution in [0.1, 0.15) is 5.56 Å². The van der Waals surface area contributed by atoms with Crippen LogP contribution >= 0.6 is 23.2 Å². The van der Waals surface area contributed by atoms with Crippen molar-refractivity contribution in [2.24, 2.45) is 0 Å². The van der Waals surface area contributed by atoms with Crippen molar-refractivity contribution in [1.29, 1.82) is 0 Å². The molecule has 8 heteroatoms. The maximum atomic E-state index is 12.0. The third kappa shape index (κ3) is 4.09. The van der Waals surface area contributed by atoms with Crippen LogP contribution in [0.3, 0.4) is 0 Å². The summed E-state index contributed by atoms with van der Waals surface area (Å²) in [6, 6.07) is 5.45. The molecule has 21 heavy (non-hydrogen) atoms. The van der Waals surface area contributed by atoms with Crippen molar-refractivity contribution in [3.8, 4) is 0 Å². The Morgan fingerprint density at radius 1 is 1.14 bits per heavy atom. The van der Waals surface area contributed by atoms with E-state index in [0.717, 1.165) is 5.56 Å². The number of hydrogen-bond donors (Lipinski definition) is 0. The summed E-state index contributed by atoms with van der Waals surface area (Å²) in [4.78, 5) is 2.19. The maximum absolute atomic E-state index is 12.0. The van der Waals surface area contributed by atoms with Gasteiger partial charge < -0.3 is 0 Å². The predicted molar refractivity (Wildman–Crippen MR) is 85.9 cm³/mol. The minimum atomic E-state index is -3.31. The van der Waals surface area contributed by atoms with E-state index in [4.69, 9.17) is 23.2 Å². The van der Waals surface area contributed by atoms with E-state index in [0.29, 0.717) is 42.8 Å². The minimum Gasteiger partial charge on any atom is -0.296 e. The van der Waals surface area contributed by atoms with Gasteiger partial charge in [0.05, 0.1) is 0 Å². The summed E-state index contributed by atoms with van der Waals surface area (Å²) in [6.45, 7) is 3.06. The van der Waals surface area contributed by atoms with Gasteiger partial charge in [0, 0.05) is 56.9 Å². The third-order valence-corrected chi connectivity index (χ3v) is 6.06. The monoisotopic (exact) mass is 351 g/mol. The quantitative estimate of drug-likeness (QED) is 0.832. The Balaban J connectivity index is 1.96. The minimum absolute atomic E-state index is 0.492. The first-order valence-corrected chi connectivity index (χ1v) is 8.80. The number of benzene rings is 1. The largest absolute Gasteiger partial charge is 0.296 e. The van der Waals surface area contributed by atoms with E-state index in [1.54, 1.807) is 20.2 Å². The van der Waals surface area contributed by atoms with Crippen LogP contribution in [-0.4, -0.2) is 62.2 Å². The summed E-state index contributed by atoms with van der Waals surface area (Å²) in [5, 5.41) is 1.26. The van der Waals surface area contributed by atoms with E-state index >= 15 is 0 Å². The zero-order valence-electron chi connectivity index (χ0n) is 12.1. The average molecular weight is 352 g/mol. The van der Waals surface area contributed by atoms with Gasteiger partial charge in [0.2, 0.25) is 0 Å². The molecule has 1 aromatic rings. The molecule has 5 nitrogen and oxygen atoms in total. The van der Waals surface area contributed by atoms with Gasteiger partial charge in [-0.3, -0.25) is 4.90 Å². The van der Waals surface area contributed by atoms with Gasteiger partial charge in [-0.25, -0.2) is 0 Å². The SMILES string of the molecule is CN(C)S(=O)(=O)N1CCN(Cc2ccc(Cl)cc2Cl)CC1. The molecule has 0 N–H and O–H groups in total. The molecule has 118 valence electrons. The molecule has 1 fully saturated rings. The fourth-order valence-electron chi connectivity index (χ4n) is 2.24. The Hall–Kier alpha value is -0.370. The lowest BCUT2D eigenvalue weighted by Gasteiger charge is -2.35. The van der Waals surface area contributed by atoms with Crippen molar-refractivity contribution < 1.29 is 8.42 Å². The summed E-state index contributed by atoms with van der Waals surface area (Å²) in [7, 11) is -0.212. The predicted octanol–water partition coefficient (Wildman–Crippen LogP) is 1.92. The lowest BCUT2D eigenvalue weighted by molar-refractivity contribution is 0.177. The van der Waals surface area contributed by atoms with Crippen LogP contribution in [0.5, 0.6) is 0 Å². The fourth-order valence-corrected chi connectivity index (χ4v) is 3.79. The summed E-state index contributed by atoms with van der Waals surface area (Å²) >= 11 is 12.1. The summed E-state index contributed by atoms with van der Waals surface area (Å²) < 4.78 is 26.8. The first-order valence-electron chi connectivity index (χ1n) is 6.64. The first kappa shape index (κ1) is 17.0. The van der Waals surface area contributed by atoms with Gasteiger partial charge in [-0.2, -0.15) is 17.0 Å². The molecule has 0 radical (unpaired) electrons. The van der Waals surface area contributed by atoms with Crippen molar-refractivity contribution in [2.75, 3.05) is 40.3 Å². The highest BCUT2D eigenvalue weighted by Crippen LogP contribution is 2.23. The molecule has 0 unspecified atom stereocenters. The number of piperazine rings is 1. The van der Waals surface area contributed by atoms with E-state index in [-0.39, 0.29) is 0 Å². The highest BCUT2D eigenvalue weighted by molar-refractivity contribution is 7.86. The van der Waals surface area contributed by atoms with Crippen LogP contribution in [0.4, 0.5) is 0 Å². The van der Waals surface area contributed by atoms with Crippen molar-refractivity contribution in [3.63, 3.8) is 0 Å². The van der Waals surface area contributed by atoms with Crippen molar-refractivity contribution in [2.45, 2.75) is 6.54 Å². The van der Waals surface area contributed by atoms with Gasteiger partial charge >= 0.3 is 0 Å². The van der Waals surface area contributed by atoms with E-state index in [9.17, 15) is 8.42 Å². The number of hydrogen-bond acceptors (Lipinski definition) is 3. The number of nitrogens with zero attached hydrogens (tertiary/aromatic N) is 3. The molecule has 1 aliphatic rings. The molecule has 0 amide bonds. The van der Waals surface area contributed by atoms with E-state index in [2.05, 4.69) is 4.90 Å². The highest BCUT2D eigenvalue weighted by atomic mass is 35.5. The molecule has 0 atom stereocenters. The van der Waals surface area contributed by atoms with Crippen LogP contribution in [0, 0.1) is 0 Å². The molecule has 2 rings (SSSR count). The fraction of sp³-hybridized carbons (Fsp3) is 0.538. The molecule has 0 aromatic heterocycles. The Bertz CT molecular complexity index is 599. The smallest absolute Gasteiger partial charge is 0.281 e. The van der Waals surface area contributed by atoms with E-state index in [1.807, 2.05) is 12.1 Å². The zero-order chi connectivity index (χ0) is 15.6. The molecule has 0 saturated carbocycles. The van der Waals surface area contributed by atoms with Gasteiger partial charge in [-0.15, -0.1) is 0 Å². The second-order valence-electron chi connectivity index (χ2n) is 5.20. The third-order valence-electron chi connectivity index (χ3n) is 3.53. The van der Waals surface area contributed by atoms with Crippen molar-refractivity contribution >= 4 is 33.4 Å². The van der Waals surface area contributed by atoms with Crippen LogP contribution in [0.25, 0.3) is 0 Å². The molecular weight excluding hydrogens is 333 g/mol. The molecule has 0 bridgehead atoms. The molecule has 0 aliphatic carbocycles. The van der Waals surface area contributed by atoms with Crippen LogP contribution in [0.2, 0.25) is 10.0 Å². The highest BCUT2D eigenvalue weighted by Gasteiger charge is 2.28. The lowest BCUT2D eigenvalue weighted by Crippen LogP contribution is -2.51. The van der Waals surface area contributed by atoms with Gasteiger partial charge in [-0.1, -0.05) is 29.3 Å². The van der Waals surface area contributed by atoms with Gasteiger partial charge in [0.1, 0.15) is 0 Å². The summed E-state index contributed by atoms with van der Waals surface area (Å²) in [5.41, 5.74) is 1.00. The lowest BCUT2D eigenvalue weighted by atomic mass is 10.2. The van der Waals surface area contributed by atoms with Crippen LogP contribution < -0.4 is 0 Å². The second kappa shape index (κ2) is 6.81. The van der Waals surface area contributed by atoms with Crippen LogP contribution in [-0.2, 0) is 16.8 Å². The molecular formula is C13H19Cl2N3O2S. The second-order valence-corrected chi connectivity index (χ2v) is 8.19. The molecule has 0 spiro atoms. The van der Waals surface area contributed by atoms with Crippen molar-refractivity contribution in [3.05, 3.63) is 33.8 Å².